The molecular formula is C18H19NO2. The Kier molecular flexibility index (Phi) is 5.16. The molecule has 2 aromatic rings. The van der Waals surface area contributed by atoms with Gasteiger partial charge in [0.05, 0.1) is 11.6 Å². The lowest BCUT2D eigenvalue weighted by atomic mass is 10.1. The Labute approximate surface area is 125 Å². The van der Waals surface area contributed by atoms with E-state index in [9.17, 15) is 4.79 Å². The lowest BCUT2D eigenvalue weighted by molar-refractivity contribution is 0.0936. The van der Waals surface area contributed by atoms with Crippen LogP contribution in [0.15, 0.2) is 67.3 Å². The smallest absolute Gasteiger partial charge is 0.255 e. The molecule has 0 saturated carbocycles. The largest absolute Gasteiger partial charge is 0.489 e. The monoisotopic (exact) mass is 281 g/mol. The first-order chi connectivity index (χ1) is 10.2. The number of amides is 1. The summed E-state index contributed by atoms with van der Waals surface area (Å²) in [7, 11) is 0. The third kappa shape index (κ3) is 3.96. The molecule has 0 bridgehead atoms. The van der Waals surface area contributed by atoms with Crippen LogP contribution in [0.4, 0.5) is 0 Å². The molecule has 0 unspecified atom stereocenters. The van der Waals surface area contributed by atoms with Gasteiger partial charge in [0.15, 0.2) is 0 Å². The van der Waals surface area contributed by atoms with Gasteiger partial charge in [0, 0.05) is 0 Å². The van der Waals surface area contributed by atoms with Crippen LogP contribution in [0.5, 0.6) is 5.75 Å². The van der Waals surface area contributed by atoms with Gasteiger partial charge >= 0.3 is 0 Å². The maximum atomic E-state index is 12.4. The summed E-state index contributed by atoms with van der Waals surface area (Å²) in [5.41, 5.74) is 1.59. The van der Waals surface area contributed by atoms with E-state index in [0.717, 1.165) is 5.56 Å². The molecule has 1 amide bonds. The molecule has 0 aliphatic rings. The van der Waals surface area contributed by atoms with Gasteiger partial charge in [0.1, 0.15) is 12.4 Å². The average molecular weight is 281 g/mol. The molecule has 21 heavy (non-hydrogen) atoms. The predicted molar refractivity (Wildman–Crippen MR) is 84.5 cm³/mol. The fourth-order valence-corrected chi connectivity index (χ4v) is 2.03. The summed E-state index contributed by atoms with van der Waals surface area (Å²) in [6.45, 7) is 5.95. The van der Waals surface area contributed by atoms with Crippen molar-refractivity contribution in [2.24, 2.45) is 0 Å². The Morgan fingerprint density at radius 3 is 2.57 bits per heavy atom. The van der Waals surface area contributed by atoms with Crippen molar-refractivity contribution < 1.29 is 9.53 Å². The number of hydrogen-bond donors (Lipinski definition) is 1. The predicted octanol–water partition coefficient (Wildman–Crippen LogP) is 3.74. The third-order valence-electron chi connectivity index (χ3n) is 3.14. The highest BCUT2D eigenvalue weighted by Gasteiger charge is 2.15. The lowest BCUT2D eigenvalue weighted by Crippen LogP contribution is -2.27. The first kappa shape index (κ1) is 14.9. The van der Waals surface area contributed by atoms with Gasteiger partial charge in [-0.1, -0.05) is 55.1 Å². The maximum absolute atomic E-state index is 12.4. The molecule has 1 atom stereocenters. The average Bonchev–Trinajstić information content (AvgIpc) is 2.54. The van der Waals surface area contributed by atoms with Gasteiger partial charge in [-0.3, -0.25) is 4.79 Å². The minimum atomic E-state index is -0.147. The van der Waals surface area contributed by atoms with E-state index in [4.69, 9.17) is 4.74 Å². The maximum Gasteiger partial charge on any atom is 0.255 e. The molecule has 0 fully saturated rings. The Bertz CT molecular complexity index is 608. The van der Waals surface area contributed by atoms with Crippen LogP contribution in [0.25, 0.3) is 0 Å². The molecule has 1 N–H and O–H groups in total. The summed E-state index contributed by atoms with van der Waals surface area (Å²) in [4.78, 5) is 12.4. The molecule has 0 aliphatic heterocycles. The van der Waals surface area contributed by atoms with Gasteiger partial charge in [-0.25, -0.2) is 0 Å². The minimum Gasteiger partial charge on any atom is -0.489 e. The molecule has 108 valence electrons. The minimum absolute atomic E-state index is 0.0637. The highest BCUT2D eigenvalue weighted by atomic mass is 16.5. The zero-order chi connectivity index (χ0) is 15.1. The molecule has 0 aliphatic carbocycles. The first-order valence-corrected chi connectivity index (χ1v) is 6.91. The van der Waals surface area contributed by atoms with E-state index in [1.165, 1.54) is 0 Å². The van der Waals surface area contributed by atoms with Gasteiger partial charge in [-0.2, -0.15) is 0 Å². The molecule has 2 aromatic carbocycles. The second kappa shape index (κ2) is 7.29. The molecule has 0 saturated heterocycles. The van der Waals surface area contributed by atoms with Crippen molar-refractivity contribution in [3.8, 4) is 5.75 Å². The van der Waals surface area contributed by atoms with Crippen LogP contribution >= 0.6 is 0 Å². The van der Waals surface area contributed by atoms with E-state index in [-0.39, 0.29) is 11.9 Å². The van der Waals surface area contributed by atoms with Crippen LogP contribution < -0.4 is 10.1 Å². The van der Waals surface area contributed by atoms with E-state index in [0.29, 0.717) is 17.9 Å². The number of ether oxygens (including phenoxy) is 1. The molecular weight excluding hydrogens is 262 g/mol. The third-order valence-corrected chi connectivity index (χ3v) is 3.14. The standard InChI is InChI=1S/C18H19NO2/c1-3-13-21-17-12-8-7-11-16(17)18(20)19-14(2)15-9-5-4-6-10-15/h3-12,14H,1,13H2,2H3,(H,19,20)/t14-/m0/s1. The Morgan fingerprint density at radius 2 is 1.86 bits per heavy atom. The van der Waals surface area contributed by atoms with Gasteiger partial charge in [-0.15, -0.1) is 0 Å². The van der Waals surface area contributed by atoms with Crippen molar-refractivity contribution in [1.29, 1.82) is 0 Å². The Hall–Kier alpha value is -2.55. The Morgan fingerprint density at radius 1 is 1.19 bits per heavy atom. The van der Waals surface area contributed by atoms with Crippen molar-refractivity contribution in [2.75, 3.05) is 6.61 Å². The number of para-hydroxylation sites is 1. The molecule has 3 heteroatoms. The van der Waals surface area contributed by atoms with E-state index < -0.39 is 0 Å². The fraction of sp³-hybridized carbons (Fsp3) is 0.167. The SMILES string of the molecule is C=CCOc1ccccc1C(=O)N[C@@H](C)c1ccccc1. The van der Waals surface area contributed by atoms with Crippen LogP contribution in [-0.4, -0.2) is 12.5 Å². The highest BCUT2D eigenvalue weighted by molar-refractivity contribution is 5.97. The molecule has 0 spiro atoms. The highest BCUT2D eigenvalue weighted by Crippen LogP contribution is 2.19. The molecule has 2 rings (SSSR count). The van der Waals surface area contributed by atoms with Crippen LogP contribution in [0.2, 0.25) is 0 Å². The van der Waals surface area contributed by atoms with Gasteiger partial charge in [0.25, 0.3) is 5.91 Å². The number of carbonyl (C=O) groups is 1. The van der Waals surface area contributed by atoms with Crippen LogP contribution in [0, 0.1) is 0 Å². The normalized spacial score (nSPS) is 11.5. The molecule has 0 radical (unpaired) electrons. The van der Waals surface area contributed by atoms with E-state index in [1.54, 1.807) is 18.2 Å². The van der Waals surface area contributed by atoms with Gasteiger partial charge in [-0.05, 0) is 24.6 Å². The molecule has 0 heterocycles. The van der Waals surface area contributed by atoms with E-state index in [2.05, 4.69) is 11.9 Å². The number of hydrogen-bond acceptors (Lipinski definition) is 2. The van der Waals surface area contributed by atoms with Crippen LogP contribution in [0.1, 0.15) is 28.9 Å². The molecule has 0 aromatic heterocycles. The van der Waals surface area contributed by atoms with Crippen molar-refractivity contribution in [1.82, 2.24) is 5.32 Å². The van der Waals surface area contributed by atoms with E-state index in [1.807, 2.05) is 49.4 Å². The zero-order valence-electron chi connectivity index (χ0n) is 12.1. The molecule has 3 nitrogen and oxygen atoms in total. The Balaban J connectivity index is 2.11. The summed E-state index contributed by atoms with van der Waals surface area (Å²) >= 11 is 0. The number of carbonyl (C=O) groups excluding carboxylic acids is 1. The zero-order valence-corrected chi connectivity index (χ0v) is 12.1. The second-order valence-corrected chi connectivity index (χ2v) is 4.70. The van der Waals surface area contributed by atoms with E-state index >= 15 is 0 Å². The van der Waals surface area contributed by atoms with Crippen molar-refractivity contribution in [3.63, 3.8) is 0 Å². The van der Waals surface area contributed by atoms with Gasteiger partial charge in [0.2, 0.25) is 0 Å². The summed E-state index contributed by atoms with van der Waals surface area (Å²) in [6.07, 6.45) is 1.65. The summed E-state index contributed by atoms with van der Waals surface area (Å²) in [5, 5.41) is 2.98. The van der Waals surface area contributed by atoms with Gasteiger partial charge < -0.3 is 10.1 Å². The quantitative estimate of drug-likeness (QED) is 0.819. The number of nitrogens with one attached hydrogen (secondary N) is 1. The lowest BCUT2D eigenvalue weighted by Gasteiger charge is -2.16. The second-order valence-electron chi connectivity index (χ2n) is 4.70. The van der Waals surface area contributed by atoms with Crippen molar-refractivity contribution in [2.45, 2.75) is 13.0 Å². The van der Waals surface area contributed by atoms with Crippen molar-refractivity contribution >= 4 is 5.91 Å². The number of benzene rings is 2. The summed E-state index contributed by atoms with van der Waals surface area (Å²) in [5.74, 6) is 0.418. The number of rotatable bonds is 6. The van der Waals surface area contributed by atoms with Crippen LogP contribution in [-0.2, 0) is 0 Å². The topological polar surface area (TPSA) is 38.3 Å². The summed E-state index contributed by atoms with van der Waals surface area (Å²) in [6, 6.07) is 17.0. The summed E-state index contributed by atoms with van der Waals surface area (Å²) < 4.78 is 5.52. The first-order valence-electron chi connectivity index (χ1n) is 6.91. The van der Waals surface area contributed by atoms with Crippen LogP contribution in [0.3, 0.4) is 0 Å². The fourth-order valence-electron chi connectivity index (χ4n) is 2.03. The van der Waals surface area contributed by atoms with Crippen molar-refractivity contribution in [3.05, 3.63) is 78.4 Å².